The number of hydrazine groups is 1. The van der Waals surface area contributed by atoms with E-state index in [1.165, 1.54) is 0 Å². The number of nitrogens with one attached hydrogen (secondary N) is 4. The van der Waals surface area contributed by atoms with Crippen molar-refractivity contribution in [3.05, 3.63) is 52.1 Å². The molecular weight excluding hydrogens is 370 g/mol. The molecule has 0 fully saturated rings. The van der Waals surface area contributed by atoms with E-state index in [1.54, 1.807) is 6.07 Å². The van der Waals surface area contributed by atoms with Crippen molar-refractivity contribution in [2.75, 3.05) is 25.0 Å². The van der Waals surface area contributed by atoms with Crippen molar-refractivity contribution in [1.29, 1.82) is 5.26 Å². The number of rotatable bonds is 0. The van der Waals surface area contributed by atoms with E-state index in [9.17, 15) is 10.1 Å². The average molecular weight is 391 g/mol. The van der Waals surface area contributed by atoms with Crippen molar-refractivity contribution >= 4 is 17.4 Å². The molecule has 0 aliphatic carbocycles. The highest BCUT2D eigenvalue weighted by molar-refractivity contribution is 6.10. The molecule has 4 bridgehead atoms. The lowest BCUT2D eigenvalue weighted by Gasteiger charge is -2.28. The first-order valence-corrected chi connectivity index (χ1v) is 9.65. The van der Waals surface area contributed by atoms with Crippen molar-refractivity contribution < 1.29 is 9.53 Å². The third-order valence-corrected chi connectivity index (χ3v) is 5.25. The standard InChI is InChI=1S/C20H21N7O2/c1-11-9-29-10-13-4-12(7-21)5-14(6-13)25-17-15-2-3-22-18(15)27-19(26-17)16(8-23-27)20(28)24-11/h4-6,11,22-23H,2-3,8-10H2,1H3,(H,24,28)(H,25,26). The molecule has 0 aromatic heterocycles. The van der Waals surface area contributed by atoms with Gasteiger partial charge in [0.1, 0.15) is 11.7 Å². The number of nitriles is 1. The molecule has 0 saturated carbocycles. The molecule has 1 unspecified atom stereocenters. The molecule has 0 spiro atoms. The van der Waals surface area contributed by atoms with Gasteiger partial charge in [0.25, 0.3) is 5.91 Å². The van der Waals surface area contributed by atoms with Crippen LogP contribution in [0.1, 0.15) is 24.5 Å². The van der Waals surface area contributed by atoms with Gasteiger partial charge in [0.2, 0.25) is 0 Å². The highest BCUT2D eigenvalue weighted by Gasteiger charge is 2.37. The number of amidine groups is 1. The molecule has 1 amide bonds. The topological polar surface area (TPSA) is 114 Å². The molecule has 1 aromatic carbocycles. The molecule has 1 aromatic rings. The van der Waals surface area contributed by atoms with E-state index in [0.29, 0.717) is 42.6 Å². The van der Waals surface area contributed by atoms with Gasteiger partial charge in [0.15, 0.2) is 5.82 Å². The summed E-state index contributed by atoms with van der Waals surface area (Å²) in [6.45, 7) is 3.83. The van der Waals surface area contributed by atoms with Crippen molar-refractivity contribution in [3.63, 3.8) is 0 Å². The summed E-state index contributed by atoms with van der Waals surface area (Å²) in [5, 5.41) is 21.0. The first-order chi connectivity index (χ1) is 14.1. The smallest absolute Gasteiger partial charge is 0.252 e. The van der Waals surface area contributed by atoms with Gasteiger partial charge in [-0.15, -0.1) is 0 Å². The van der Waals surface area contributed by atoms with Crippen LogP contribution < -0.4 is 21.4 Å². The summed E-state index contributed by atoms with van der Waals surface area (Å²) in [6.07, 6.45) is 0.819. The molecule has 4 heterocycles. The van der Waals surface area contributed by atoms with E-state index in [4.69, 9.17) is 9.73 Å². The van der Waals surface area contributed by atoms with E-state index in [2.05, 4.69) is 27.4 Å². The van der Waals surface area contributed by atoms with Crippen LogP contribution in [0.3, 0.4) is 0 Å². The second-order valence-corrected chi connectivity index (χ2v) is 7.48. The molecule has 9 nitrogen and oxygen atoms in total. The minimum atomic E-state index is -0.157. The third kappa shape index (κ3) is 3.12. The van der Waals surface area contributed by atoms with Gasteiger partial charge in [-0.25, -0.2) is 15.4 Å². The maximum absolute atomic E-state index is 12.8. The van der Waals surface area contributed by atoms with E-state index >= 15 is 0 Å². The Morgan fingerprint density at radius 1 is 1.31 bits per heavy atom. The second-order valence-electron chi connectivity index (χ2n) is 7.48. The number of ether oxygens (including phenoxy) is 1. The minimum absolute atomic E-state index is 0.154. The number of aliphatic imine (C=N–C) groups is 1. The van der Waals surface area contributed by atoms with Crippen molar-refractivity contribution in [2.24, 2.45) is 4.99 Å². The number of amides is 1. The molecule has 9 heteroatoms. The fourth-order valence-electron chi connectivity index (χ4n) is 3.94. The molecule has 4 aliphatic rings. The molecular formula is C20H21N7O2. The van der Waals surface area contributed by atoms with E-state index < -0.39 is 0 Å². The fraction of sp³-hybridized carbons (Fsp3) is 0.350. The Morgan fingerprint density at radius 3 is 3.07 bits per heavy atom. The molecule has 148 valence electrons. The Bertz CT molecular complexity index is 1030. The Kier molecular flexibility index (Phi) is 4.23. The maximum atomic E-state index is 12.8. The molecule has 0 radical (unpaired) electrons. The monoisotopic (exact) mass is 391 g/mol. The zero-order chi connectivity index (χ0) is 20.0. The van der Waals surface area contributed by atoms with Gasteiger partial charge < -0.3 is 20.7 Å². The maximum Gasteiger partial charge on any atom is 0.252 e. The molecule has 29 heavy (non-hydrogen) atoms. The summed E-state index contributed by atoms with van der Waals surface area (Å²) >= 11 is 0. The van der Waals surface area contributed by atoms with Crippen molar-refractivity contribution in [2.45, 2.75) is 26.0 Å². The molecule has 4 N–H and O–H groups in total. The molecule has 4 aliphatic heterocycles. The second kappa shape index (κ2) is 6.92. The van der Waals surface area contributed by atoms with Crippen LogP contribution in [0.5, 0.6) is 0 Å². The normalized spacial score (nSPS) is 23.4. The fourth-order valence-corrected chi connectivity index (χ4v) is 3.94. The lowest BCUT2D eigenvalue weighted by molar-refractivity contribution is -0.118. The van der Waals surface area contributed by atoms with Gasteiger partial charge in [-0.2, -0.15) is 5.26 Å². The van der Waals surface area contributed by atoms with Crippen molar-refractivity contribution in [1.82, 2.24) is 21.1 Å². The summed E-state index contributed by atoms with van der Waals surface area (Å²) in [6, 6.07) is 7.63. The van der Waals surface area contributed by atoms with Crippen LogP contribution in [-0.4, -0.2) is 42.5 Å². The zero-order valence-corrected chi connectivity index (χ0v) is 16.0. The van der Waals surface area contributed by atoms with Gasteiger partial charge in [0, 0.05) is 30.4 Å². The summed E-state index contributed by atoms with van der Waals surface area (Å²) in [7, 11) is 0. The SMILES string of the molecule is CC1COCc2cc(C#N)cc(c2)NC2=NC3=C(CNN3C3=C2CCN3)C(=O)N1. The van der Waals surface area contributed by atoms with E-state index in [0.717, 1.165) is 35.6 Å². The van der Waals surface area contributed by atoms with Gasteiger partial charge >= 0.3 is 0 Å². The van der Waals surface area contributed by atoms with Gasteiger partial charge in [-0.1, -0.05) is 0 Å². The first-order valence-electron chi connectivity index (χ1n) is 9.65. The van der Waals surface area contributed by atoms with E-state index in [1.807, 2.05) is 24.1 Å². The van der Waals surface area contributed by atoms with Crippen LogP contribution in [0.2, 0.25) is 0 Å². The van der Waals surface area contributed by atoms with Gasteiger partial charge in [0.05, 0.1) is 30.4 Å². The van der Waals surface area contributed by atoms with Crippen LogP contribution >= 0.6 is 0 Å². The summed E-state index contributed by atoms with van der Waals surface area (Å²) in [4.78, 5) is 17.6. The van der Waals surface area contributed by atoms with Crippen LogP contribution in [0.15, 0.2) is 46.0 Å². The van der Waals surface area contributed by atoms with E-state index in [-0.39, 0.29) is 11.9 Å². The Balaban J connectivity index is 1.63. The summed E-state index contributed by atoms with van der Waals surface area (Å²) in [5.41, 5.74) is 7.10. The number of hydrogen-bond donors (Lipinski definition) is 4. The van der Waals surface area contributed by atoms with Gasteiger partial charge in [-0.05, 0) is 37.1 Å². The summed E-state index contributed by atoms with van der Waals surface area (Å²) in [5.74, 6) is 2.04. The lowest BCUT2D eigenvalue weighted by atomic mass is 10.1. The van der Waals surface area contributed by atoms with Gasteiger partial charge in [-0.3, -0.25) is 4.79 Å². The Hall–Kier alpha value is -3.35. The number of carbonyl (C=O) groups excluding carboxylic acids is 1. The third-order valence-electron chi connectivity index (χ3n) is 5.25. The lowest BCUT2D eigenvalue weighted by Crippen LogP contribution is -2.39. The quantitative estimate of drug-likeness (QED) is 0.514. The molecule has 5 rings (SSSR count). The van der Waals surface area contributed by atoms with Crippen LogP contribution in [0.4, 0.5) is 5.69 Å². The Morgan fingerprint density at radius 2 is 2.21 bits per heavy atom. The number of fused-ring (bicyclic) bond motifs is 4. The average Bonchev–Trinajstić information content (AvgIpc) is 3.34. The number of carbonyl (C=O) groups is 1. The molecule has 1 atom stereocenters. The minimum Gasteiger partial charge on any atom is -0.375 e. The number of hydrogen-bond acceptors (Lipinski definition) is 8. The number of benzene rings is 1. The van der Waals surface area contributed by atoms with Crippen LogP contribution in [-0.2, 0) is 16.1 Å². The highest BCUT2D eigenvalue weighted by atomic mass is 16.5. The van der Waals surface area contributed by atoms with Crippen LogP contribution in [0, 0.1) is 11.3 Å². The zero-order valence-electron chi connectivity index (χ0n) is 16.0. The first kappa shape index (κ1) is 17.7. The number of nitrogens with zero attached hydrogens (tertiary/aromatic N) is 3. The predicted octanol–water partition coefficient (Wildman–Crippen LogP) is 0.654. The number of anilines is 1. The predicted molar refractivity (Wildman–Crippen MR) is 106 cm³/mol. The summed E-state index contributed by atoms with van der Waals surface area (Å²) < 4.78 is 5.78. The highest BCUT2D eigenvalue weighted by Crippen LogP contribution is 2.32. The van der Waals surface area contributed by atoms with Crippen LogP contribution in [0.25, 0.3) is 0 Å². The Labute approximate surface area is 168 Å². The van der Waals surface area contributed by atoms with Crippen molar-refractivity contribution in [3.8, 4) is 6.07 Å². The largest absolute Gasteiger partial charge is 0.375 e. The molecule has 0 saturated heterocycles.